The molecule has 4 nitrogen and oxygen atoms in total. The number of nitrogens with two attached hydrogens (primary N) is 1. The fraction of sp³-hybridized carbons (Fsp3) is 0.417. The molecule has 0 aliphatic heterocycles. The summed E-state index contributed by atoms with van der Waals surface area (Å²) in [4.78, 5) is 11.4. The lowest BCUT2D eigenvalue weighted by Gasteiger charge is -2.07. The van der Waals surface area contributed by atoms with Gasteiger partial charge in [0, 0.05) is 13.1 Å². The monoisotopic (exact) mass is 240 g/mol. The third-order valence-electron chi connectivity index (χ3n) is 2.13. The Hall–Kier alpha value is -1.62. The van der Waals surface area contributed by atoms with E-state index in [-0.39, 0.29) is 18.1 Å². The molecule has 0 saturated carbocycles. The normalized spacial score (nSPS) is 10.1. The first-order chi connectivity index (χ1) is 8.17. The fourth-order valence-electron chi connectivity index (χ4n) is 1.39. The predicted molar refractivity (Wildman–Crippen MR) is 63.3 cm³/mol. The van der Waals surface area contributed by atoms with Gasteiger partial charge in [-0.15, -0.1) is 0 Å². The smallest absolute Gasteiger partial charge is 0.224 e. The summed E-state index contributed by atoms with van der Waals surface area (Å²) in [5, 5.41) is 2.62. The average Bonchev–Trinajstić information content (AvgIpc) is 2.30. The van der Waals surface area contributed by atoms with E-state index in [1.54, 1.807) is 13.0 Å². The van der Waals surface area contributed by atoms with Crippen LogP contribution in [0, 0.1) is 5.82 Å². The lowest BCUT2D eigenvalue weighted by atomic mass is 10.1. The first-order valence-electron chi connectivity index (χ1n) is 5.55. The maximum absolute atomic E-state index is 13.5. The molecule has 0 saturated heterocycles. The Morgan fingerprint density at radius 3 is 2.88 bits per heavy atom. The largest absolute Gasteiger partial charge is 0.491 e. The van der Waals surface area contributed by atoms with Crippen LogP contribution < -0.4 is 15.8 Å². The highest BCUT2D eigenvalue weighted by Gasteiger charge is 2.07. The van der Waals surface area contributed by atoms with Crippen molar-refractivity contribution in [1.82, 2.24) is 5.32 Å². The molecule has 5 heteroatoms. The Kier molecular flexibility index (Phi) is 5.42. The number of halogens is 1. The van der Waals surface area contributed by atoms with Crippen molar-refractivity contribution in [3.05, 3.63) is 29.6 Å². The van der Waals surface area contributed by atoms with Crippen LogP contribution in [0.25, 0.3) is 0 Å². The SMILES string of the molecule is CCOc1ccc(CC(=O)NCCN)cc1F. The molecule has 17 heavy (non-hydrogen) atoms. The summed E-state index contributed by atoms with van der Waals surface area (Å²) < 4.78 is 18.5. The van der Waals surface area contributed by atoms with Crippen LogP contribution in [-0.4, -0.2) is 25.6 Å². The number of carbonyl (C=O) groups is 1. The van der Waals surface area contributed by atoms with Crippen LogP contribution in [0.15, 0.2) is 18.2 Å². The van der Waals surface area contributed by atoms with Gasteiger partial charge in [-0.2, -0.15) is 0 Å². The van der Waals surface area contributed by atoms with Gasteiger partial charge >= 0.3 is 0 Å². The second-order valence-electron chi connectivity index (χ2n) is 3.51. The minimum atomic E-state index is -0.448. The van der Waals surface area contributed by atoms with E-state index in [0.717, 1.165) is 0 Å². The number of ether oxygens (including phenoxy) is 1. The molecule has 0 aliphatic carbocycles. The Balaban J connectivity index is 2.60. The Bertz CT molecular complexity index is 383. The summed E-state index contributed by atoms with van der Waals surface area (Å²) >= 11 is 0. The molecule has 1 aromatic carbocycles. The summed E-state index contributed by atoms with van der Waals surface area (Å²) in [7, 11) is 0. The average molecular weight is 240 g/mol. The van der Waals surface area contributed by atoms with Crippen molar-refractivity contribution in [2.24, 2.45) is 5.73 Å². The maximum Gasteiger partial charge on any atom is 0.224 e. The van der Waals surface area contributed by atoms with Crippen molar-refractivity contribution in [2.45, 2.75) is 13.3 Å². The van der Waals surface area contributed by atoms with Gasteiger partial charge in [0.25, 0.3) is 0 Å². The highest BCUT2D eigenvalue weighted by molar-refractivity contribution is 5.78. The topological polar surface area (TPSA) is 64.3 Å². The van der Waals surface area contributed by atoms with Gasteiger partial charge in [0.05, 0.1) is 13.0 Å². The standard InChI is InChI=1S/C12H17FN2O2/c1-2-17-11-4-3-9(7-10(11)13)8-12(16)15-6-5-14/h3-4,7H,2,5-6,8,14H2,1H3,(H,15,16). The number of rotatable bonds is 6. The third-order valence-corrected chi connectivity index (χ3v) is 2.13. The first kappa shape index (κ1) is 13.4. The quantitative estimate of drug-likeness (QED) is 0.774. The zero-order valence-electron chi connectivity index (χ0n) is 9.83. The molecule has 0 bridgehead atoms. The minimum absolute atomic E-state index is 0.142. The van der Waals surface area contributed by atoms with Crippen molar-refractivity contribution in [1.29, 1.82) is 0 Å². The van der Waals surface area contributed by atoms with Crippen LogP contribution in [0.5, 0.6) is 5.75 Å². The van der Waals surface area contributed by atoms with E-state index in [2.05, 4.69) is 5.32 Å². The minimum Gasteiger partial charge on any atom is -0.491 e. The van der Waals surface area contributed by atoms with Crippen LogP contribution in [-0.2, 0) is 11.2 Å². The fourth-order valence-corrected chi connectivity index (χ4v) is 1.39. The van der Waals surface area contributed by atoms with Gasteiger partial charge in [0.2, 0.25) is 5.91 Å². The van der Waals surface area contributed by atoms with Crippen molar-refractivity contribution in [3.8, 4) is 5.75 Å². The van der Waals surface area contributed by atoms with E-state index in [1.165, 1.54) is 12.1 Å². The van der Waals surface area contributed by atoms with Crippen molar-refractivity contribution in [2.75, 3.05) is 19.7 Å². The van der Waals surface area contributed by atoms with Crippen molar-refractivity contribution < 1.29 is 13.9 Å². The molecule has 0 radical (unpaired) electrons. The molecule has 1 aromatic rings. The van der Waals surface area contributed by atoms with Crippen LogP contribution in [0.4, 0.5) is 4.39 Å². The number of hydrogen-bond acceptors (Lipinski definition) is 3. The summed E-state index contributed by atoms with van der Waals surface area (Å²) in [5.74, 6) is -0.409. The van der Waals surface area contributed by atoms with Gasteiger partial charge in [-0.3, -0.25) is 4.79 Å². The van der Waals surface area contributed by atoms with Crippen LogP contribution in [0.2, 0.25) is 0 Å². The van der Waals surface area contributed by atoms with Crippen LogP contribution in [0.3, 0.4) is 0 Å². The second kappa shape index (κ2) is 6.85. The van der Waals surface area contributed by atoms with E-state index in [9.17, 15) is 9.18 Å². The Morgan fingerprint density at radius 1 is 1.53 bits per heavy atom. The molecule has 0 aliphatic rings. The summed E-state index contributed by atoms with van der Waals surface area (Å²) in [6.45, 7) is 3.02. The van der Waals surface area contributed by atoms with Gasteiger partial charge in [-0.05, 0) is 24.6 Å². The number of nitrogens with one attached hydrogen (secondary N) is 1. The molecular formula is C12H17FN2O2. The van der Waals surface area contributed by atoms with E-state index in [0.29, 0.717) is 25.3 Å². The molecule has 0 aromatic heterocycles. The lowest BCUT2D eigenvalue weighted by Crippen LogP contribution is -2.30. The molecule has 0 atom stereocenters. The number of hydrogen-bond donors (Lipinski definition) is 2. The number of carbonyl (C=O) groups excluding carboxylic acids is 1. The highest BCUT2D eigenvalue weighted by Crippen LogP contribution is 2.18. The summed E-state index contributed by atoms with van der Waals surface area (Å²) in [5.41, 5.74) is 5.87. The van der Waals surface area contributed by atoms with E-state index < -0.39 is 5.82 Å². The molecule has 1 rings (SSSR count). The van der Waals surface area contributed by atoms with Crippen LogP contribution in [0.1, 0.15) is 12.5 Å². The van der Waals surface area contributed by atoms with Crippen molar-refractivity contribution in [3.63, 3.8) is 0 Å². The highest BCUT2D eigenvalue weighted by atomic mass is 19.1. The molecule has 1 amide bonds. The number of amides is 1. The van der Waals surface area contributed by atoms with Gasteiger partial charge in [0.15, 0.2) is 11.6 Å². The van der Waals surface area contributed by atoms with Gasteiger partial charge in [-0.25, -0.2) is 4.39 Å². The molecule has 0 spiro atoms. The maximum atomic E-state index is 13.5. The lowest BCUT2D eigenvalue weighted by molar-refractivity contribution is -0.120. The molecule has 94 valence electrons. The predicted octanol–water partition coefficient (Wildman–Crippen LogP) is 0.842. The van der Waals surface area contributed by atoms with E-state index in [1.807, 2.05) is 0 Å². The van der Waals surface area contributed by atoms with Gasteiger partial charge < -0.3 is 15.8 Å². The van der Waals surface area contributed by atoms with E-state index in [4.69, 9.17) is 10.5 Å². The molecule has 3 N–H and O–H groups in total. The van der Waals surface area contributed by atoms with Crippen molar-refractivity contribution >= 4 is 5.91 Å². The molecular weight excluding hydrogens is 223 g/mol. The van der Waals surface area contributed by atoms with Gasteiger partial charge in [0.1, 0.15) is 0 Å². The second-order valence-corrected chi connectivity index (χ2v) is 3.51. The van der Waals surface area contributed by atoms with E-state index >= 15 is 0 Å². The Morgan fingerprint density at radius 2 is 2.29 bits per heavy atom. The molecule has 0 heterocycles. The van der Waals surface area contributed by atoms with Crippen LogP contribution >= 0.6 is 0 Å². The summed E-state index contributed by atoms with van der Waals surface area (Å²) in [6.07, 6.45) is 0.142. The third kappa shape index (κ3) is 4.40. The zero-order valence-corrected chi connectivity index (χ0v) is 9.83. The summed E-state index contributed by atoms with van der Waals surface area (Å²) in [6, 6.07) is 4.52. The molecule has 0 unspecified atom stereocenters. The van der Waals surface area contributed by atoms with Gasteiger partial charge in [-0.1, -0.05) is 6.07 Å². The number of benzene rings is 1. The first-order valence-corrected chi connectivity index (χ1v) is 5.55. The Labute approximate surface area is 100.0 Å². The molecule has 0 fully saturated rings. The zero-order chi connectivity index (χ0) is 12.7.